The second kappa shape index (κ2) is 27.0. The summed E-state index contributed by atoms with van der Waals surface area (Å²) >= 11 is 0. The smallest absolute Gasteiger partial charge is 0.333 e. The first kappa shape index (κ1) is 60.3. The highest BCUT2D eigenvalue weighted by Gasteiger charge is 2.46. The van der Waals surface area contributed by atoms with Gasteiger partial charge in [0.05, 0.1) is 71.7 Å². The van der Waals surface area contributed by atoms with E-state index < -0.39 is 85.9 Å². The SMILES string of the molecule is COc1ccc(C(OC[C@H]2O[C@@H](n3cnc4c(=O)[nH]c(NC(=O)C(C)C)nc43)C[C@@H]2OP(OCCC#N)OC[C@H]2O[C@@H](n3cnc4c(=O)[nH]c(NC(=O)C(C)C)nc43)C[C@@H]2OC(=O)CCC(C)=O)(c2ccccc2)c2ccc(OC)cc2)cc1. The van der Waals surface area contributed by atoms with Gasteiger partial charge in [0.2, 0.25) is 23.7 Å². The molecule has 7 atom stereocenters. The highest BCUT2D eigenvalue weighted by Crippen LogP contribution is 2.49. The van der Waals surface area contributed by atoms with Crippen molar-refractivity contribution in [3.05, 3.63) is 129 Å². The van der Waals surface area contributed by atoms with Gasteiger partial charge in [-0.1, -0.05) is 82.3 Å². The number of hydrogen-bond acceptors (Lipinski definition) is 20. The number of nitriles is 1. The summed E-state index contributed by atoms with van der Waals surface area (Å²) in [5, 5.41) is 14.9. The first-order chi connectivity index (χ1) is 40.5. The van der Waals surface area contributed by atoms with Crippen LogP contribution in [-0.2, 0) is 57.3 Å². The standard InChI is InChI=1S/C57H64N11O15P/c1-32(2)51(71)63-55-61-49-47(53(73)65-55)59-30-67(49)44-26-40(82-46(70)23-14-34(5)69)43(81-44)29-79-84(78-25-11-24-58)83-41-27-45(68-31-60-48-50(68)62-56(66-54(48)74)64-52(72)33(3)4)80-42(41)28-77-57(35-12-9-8-10-13-35,36-15-19-38(75-6)20-16-36)37-17-21-39(76-7)22-18-37/h8-10,12-13,15-22,30-33,40-45H,11,14,23,25-29H2,1-7H3,(H2,61,63,65,71,73)(H2,62,64,66,72,74)/t40-,41-,42+,43+,44+,45+,84?/m0/s1. The second-order valence-electron chi connectivity index (χ2n) is 20.4. The van der Waals surface area contributed by atoms with Crippen molar-refractivity contribution in [2.45, 2.75) is 109 Å². The summed E-state index contributed by atoms with van der Waals surface area (Å²) in [6.45, 7) is 7.49. The Morgan fingerprint density at radius 3 is 1.70 bits per heavy atom. The van der Waals surface area contributed by atoms with Gasteiger partial charge in [-0.3, -0.25) is 53.7 Å². The molecular formula is C57H64N11O15P. The number of amides is 2. The number of nitrogens with one attached hydrogen (secondary N) is 4. The van der Waals surface area contributed by atoms with Crippen LogP contribution in [0.3, 0.4) is 0 Å². The number of imidazole rings is 2. The molecule has 0 bridgehead atoms. The Bertz CT molecular complexity index is 3570. The summed E-state index contributed by atoms with van der Waals surface area (Å²) in [5.41, 5.74) is -0.247. The van der Waals surface area contributed by atoms with Gasteiger partial charge in [-0.2, -0.15) is 15.2 Å². The summed E-state index contributed by atoms with van der Waals surface area (Å²) in [5.74, 6) is -1.51. The fourth-order valence-corrected chi connectivity index (χ4v) is 10.6. The molecule has 2 fully saturated rings. The zero-order valence-electron chi connectivity index (χ0n) is 47.1. The highest BCUT2D eigenvalue weighted by molar-refractivity contribution is 7.41. The van der Waals surface area contributed by atoms with E-state index in [0.717, 1.165) is 16.7 Å². The highest BCUT2D eigenvalue weighted by atomic mass is 31.2. The van der Waals surface area contributed by atoms with Crippen molar-refractivity contribution in [2.24, 2.45) is 11.8 Å². The van der Waals surface area contributed by atoms with Crippen LogP contribution in [0.15, 0.2) is 101 Å². The molecule has 2 aliphatic rings. The number of benzene rings is 3. The van der Waals surface area contributed by atoms with Crippen molar-refractivity contribution < 1.29 is 61.2 Å². The lowest BCUT2D eigenvalue weighted by atomic mass is 9.80. The van der Waals surface area contributed by atoms with Gasteiger partial charge in [-0.15, -0.1) is 0 Å². The molecule has 9 rings (SSSR count). The molecule has 84 heavy (non-hydrogen) atoms. The van der Waals surface area contributed by atoms with Gasteiger partial charge in [0, 0.05) is 31.1 Å². The lowest BCUT2D eigenvalue weighted by Gasteiger charge is -2.37. The monoisotopic (exact) mass is 1170 g/mol. The van der Waals surface area contributed by atoms with Crippen LogP contribution in [-0.4, -0.2) is 121 Å². The molecule has 4 N–H and O–H groups in total. The van der Waals surface area contributed by atoms with E-state index in [4.69, 9.17) is 42.0 Å². The summed E-state index contributed by atoms with van der Waals surface area (Å²) in [6, 6.07) is 26.7. The zero-order chi connectivity index (χ0) is 59.7. The Morgan fingerprint density at radius 2 is 1.21 bits per heavy atom. The summed E-state index contributed by atoms with van der Waals surface area (Å²) in [6.07, 6.45) is -3.39. The second-order valence-corrected chi connectivity index (χ2v) is 21.6. The van der Waals surface area contributed by atoms with Gasteiger partial charge in [-0.05, 0) is 47.9 Å². The number of ketones is 1. The average molecular weight is 1170 g/mol. The number of nitrogens with zero attached hydrogens (tertiary/aromatic N) is 7. The topological polar surface area (TPSA) is 326 Å². The first-order valence-corrected chi connectivity index (χ1v) is 28.2. The number of aromatic amines is 2. The van der Waals surface area contributed by atoms with Crippen LogP contribution in [0.4, 0.5) is 11.9 Å². The van der Waals surface area contributed by atoms with Gasteiger partial charge >= 0.3 is 14.6 Å². The maximum Gasteiger partial charge on any atom is 0.333 e. The van der Waals surface area contributed by atoms with Gasteiger partial charge in [0.15, 0.2) is 22.3 Å². The molecule has 6 heterocycles. The number of aromatic nitrogens is 8. The molecule has 0 spiro atoms. The molecule has 0 saturated carbocycles. The fourth-order valence-electron chi connectivity index (χ4n) is 9.49. The molecule has 0 radical (unpaired) electrons. The third-order valence-corrected chi connectivity index (χ3v) is 15.2. The number of hydrogen-bond donors (Lipinski definition) is 4. The Morgan fingerprint density at radius 1 is 0.714 bits per heavy atom. The number of Topliss-reactive ketones (excluding diaryl/α,β-unsaturated/α-hetero) is 1. The van der Waals surface area contributed by atoms with E-state index in [1.54, 1.807) is 46.5 Å². The van der Waals surface area contributed by atoms with Crippen LogP contribution >= 0.6 is 8.60 Å². The minimum atomic E-state index is -2.45. The van der Waals surface area contributed by atoms with Gasteiger partial charge < -0.3 is 46.8 Å². The Hall–Kier alpha value is -8.28. The third-order valence-electron chi connectivity index (χ3n) is 14.0. The minimum absolute atomic E-state index is 0.00322. The molecule has 0 aliphatic carbocycles. The van der Waals surface area contributed by atoms with Gasteiger partial charge in [-0.25, -0.2) is 9.97 Å². The molecule has 2 amide bonds. The van der Waals surface area contributed by atoms with E-state index in [-0.39, 0.29) is 97.8 Å². The van der Waals surface area contributed by atoms with E-state index in [0.29, 0.717) is 11.5 Å². The van der Waals surface area contributed by atoms with Crippen LogP contribution < -0.4 is 31.2 Å². The van der Waals surface area contributed by atoms with Crippen LogP contribution in [0.5, 0.6) is 11.5 Å². The summed E-state index contributed by atoms with van der Waals surface area (Å²) in [7, 11) is 0.707. The lowest BCUT2D eigenvalue weighted by Crippen LogP contribution is -2.38. The molecule has 4 aromatic heterocycles. The molecular weight excluding hydrogens is 1110 g/mol. The summed E-state index contributed by atoms with van der Waals surface area (Å²) in [4.78, 5) is 100. The largest absolute Gasteiger partial charge is 0.497 e. The quantitative estimate of drug-likeness (QED) is 0.0186. The first-order valence-electron chi connectivity index (χ1n) is 27.1. The number of carbonyl (C=O) groups excluding carboxylic acids is 4. The molecule has 442 valence electrons. The van der Waals surface area contributed by atoms with Crippen molar-refractivity contribution in [3.8, 4) is 17.6 Å². The lowest BCUT2D eigenvalue weighted by molar-refractivity contribution is -0.153. The number of ether oxygens (including phenoxy) is 6. The Balaban J connectivity index is 1.06. The van der Waals surface area contributed by atoms with E-state index >= 15 is 0 Å². The minimum Gasteiger partial charge on any atom is -0.497 e. The molecule has 26 nitrogen and oxygen atoms in total. The van der Waals surface area contributed by atoms with Crippen molar-refractivity contribution >= 4 is 66.4 Å². The van der Waals surface area contributed by atoms with Crippen molar-refractivity contribution in [2.75, 3.05) is 44.7 Å². The average Bonchev–Trinajstić information content (AvgIpc) is 1.39. The number of methoxy groups -OCH3 is 2. The van der Waals surface area contributed by atoms with Crippen LogP contribution in [0.1, 0.15) is 95.9 Å². The summed E-state index contributed by atoms with van der Waals surface area (Å²) < 4.78 is 60.5. The maximum absolute atomic E-state index is 13.5. The van der Waals surface area contributed by atoms with Crippen molar-refractivity contribution in [1.29, 1.82) is 5.26 Å². The van der Waals surface area contributed by atoms with E-state index in [9.17, 15) is 34.0 Å². The van der Waals surface area contributed by atoms with Gasteiger partial charge in [0.25, 0.3) is 11.1 Å². The molecule has 3 aromatic carbocycles. The van der Waals surface area contributed by atoms with Crippen molar-refractivity contribution in [3.63, 3.8) is 0 Å². The number of anilines is 2. The van der Waals surface area contributed by atoms with Crippen LogP contribution in [0.2, 0.25) is 0 Å². The number of fused-ring (bicyclic) bond motifs is 2. The van der Waals surface area contributed by atoms with E-state index in [2.05, 4.69) is 46.6 Å². The number of H-pyrrole nitrogens is 2. The predicted molar refractivity (Wildman–Crippen MR) is 302 cm³/mol. The van der Waals surface area contributed by atoms with Crippen LogP contribution in [0, 0.1) is 23.2 Å². The molecule has 7 aromatic rings. The van der Waals surface area contributed by atoms with E-state index in [1.807, 2.05) is 78.9 Å². The normalized spacial score (nSPS) is 19.1. The number of rotatable bonds is 26. The van der Waals surface area contributed by atoms with Crippen LogP contribution in [0.25, 0.3) is 22.3 Å². The predicted octanol–water partition coefficient (Wildman–Crippen LogP) is 6.88. The van der Waals surface area contributed by atoms with Crippen molar-refractivity contribution in [1.82, 2.24) is 39.0 Å². The Kier molecular flexibility index (Phi) is 19.4. The Labute approximate surface area is 482 Å². The number of esters is 1. The fraction of sp³-hybridized carbons (Fsp3) is 0.421. The van der Waals surface area contributed by atoms with Gasteiger partial charge in [0.1, 0.15) is 53.7 Å². The molecule has 27 heteroatoms. The third kappa shape index (κ3) is 13.7. The zero-order valence-corrected chi connectivity index (χ0v) is 48.0. The van der Waals surface area contributed by atoms with E-state index in [1.165, 1.54) is 24.1 Å². The molecule has 2 aliphatic heterocycles. The molecule has 1 unspecified atom stereocenters. The molecule has 2 saturated heterocycles. The maximum atomic E-state index is 13.5. The number of carbonyl (C=O) groups is 4.